The van der Waals surface area contributed by atoms with Crippen LogP contribution in [0.1, 0.15) is 30.9 Å². The van der Waals surface area contributed by atoms with E-state index in [0.29, 0.717) is 11.1 Å². The van der Waals surface area contributed by atoms with Gasteiger partial charge < -0.3 is 20.2 Å². The third kappa shape index (κ3) is 3.61. The Bertz CT molecular complexity index is 1070. The Labute approximate surface area is 159 Å². The predicted octanol–water partition coefficient (Wildman–Crippen LogP) is 2.07. The van der Waals surface area contributed by atoms with Gasteiger partial charge in [-0.05, 0) is 25.5 Å². The van der Waals surface area contributed by atoms with Crippen LogP contribution in [0.4, 0.5) is 10.3 Å². The Kier molecular flexibility index (Phi) is 5.19. The van der Waals surface area contributed by atoms with E-state index >= 15 is 0 Å². The molecule has 2 aromatic heterocycles. The minimum absolute atomic E-state index is 0.0665. The number of ether oxygens (including phenoxy) is 2. The summed E-state index contributed by atoms with van der Waals surface area (Å²) in [6.45, 7) is 2.97. The molecule has 28 heavy (non-hydrogen) atoms. The molecule has 0 fully saturated rings. The fourth-order valence-electron chi connectivity index (χ4n) is 2.84. The number of nitrogens with zero attached hydrogens (tertiary/aromatic N) is 1. The summed E-state index contributed by atoms with van der Waals surface area (Å²) >= 11 is 0. The molecule has 3 rings (SSSR count). The van der Waals surface area contributed by atoms with E-state index in [1.165, 1.54) is 13.2 Å². The number of hydrogen-bond acceptors (Lipinski definition) is 6. The van der Waals surface area contributed by atoms with Gasteiger partial charge in [-0.15, -0.1) is 0 Å². The highest BCUT2D eigenvalue weighted by Gasteiger charge is 2.31. The summed E-state index contributed by atoms with van der Waals surface area (Å²) < 4.78 is 25.1. The number of nitrogen functional groups attached to an aromatic ring is 1. The molecule has 1 unspecified atom stereocenters. The van der Waals surface area contributed by atoms with Crippen molar-refractivity contribution in [2.24, 2.45) is 0 Å². The smallest absolute Gasteiger partial charge is 0.337 e. The zero-order chi connectivity index (χ0) is 20.5. The number of halogens is 1. The van der Waals surface area contributed by atoms with Crippen LogP contribution in [0, 0.1) is 5.82 Å². The number of esters is 1. The van der Waals surface area contributed by atoms with Crippen molar-refractivity contribution in [1.82, 2.24) is 15.0 Å². The van der Waals surface area contributed by atoms with Crippen LogP contribution < -0.4 is 11.3 Å². The average Bonchev–Trinajstić information content (AvgIpc) is 3.07. The van der Waals surface area contributed by atoms with Gasteiger partial charge in [-0.25, -0.2) is 14.2 Å². The number of anilines is 1. The van der Waals surface area contributed by atoms with Gasteiger partial charge in [0.15, 0.2) is 5.60 Å². The van der Waals surface area contributed by atoms with Gasteiger partial charge in [0.25, 0.3) is 5.56 Å². The molecule has 0 aliphatic rings. The van der Waals surface area contributed by atoms with E-state index in [9.17, 15) is 14.0 Å². The molecule has 0 saturated heterocycles. The molecule has 0 aliphatic carbocycles. The lowest BCUT2D eigenvalue weighted by molar-refractivity contribution is -0.165. The van der Waals surface area contributed by atoms with E-state index in [-0.39, 0.29) is 23.6 Å². The highest BCUT2D eigenvalue weighted by molar-refractivity contribution is 5.81. The number of H-pyrrole nitrogens is 2. The lowest BCUT2D eigenvalue weighted by atomic mass is 9.92. The number of aromatic amines is 2. The van der Waals surface area contributed by atoms with Crippen molar-refractivity contribution in [3.8, 4) is 0 Å². The van der Waals surface area contributed by atoms with Gasteiger partial charge in [0.2, 0.25) is 5.95 Å². The maximum Gasteiger partial charge on any atom is 0.337 e. The van der Waals surface area contributed by atoms with E-state index < -0.39 is 28.9 Å². The van der Waals surface area contributed by atoms with Crippen molar-refractivity contribution in [1.29, 1.82) is 0 Å². The third-order valence-electron chi connectivity index (χ3n) is 4.62. The first-order valence-electron chi connectivity index (χ1n) is 8.58. The van der Waals surface area contributed by atoms with Crippen molar-refractivity contribution in [3.05, 3.63) is 57.8 Å². The molecule has 9 heteroatoms. The number of methoxy groups -OCH3 is 1. The second kappa shape index (κ2) is 7.43. The van der Waals surface area contributed by atoms with Crippen LogP contribution in [-0.2, 0) is 14.3 Å². The number of fused-ring (bicyclic) bond motifs is 1. The standard InChI is InChI=1S/C19H21FN4O4/c1-19(2,27-3)17(26)28-9-12(10-6-4-5-7-13(10)20)11-8-22-15-14(11)23-18(21)24-16(15)25/h4-8,12,22H,9H2,1-3H3,(H3,21,23,24,25). The van der Waals surface area contributed by atoms with E-state index in [0.717, 1.165) is 0 Å². The molecule has 3 aromatic rings. The molecule has 8 nitrogen and oxygen atoms in total. The van der Waals surface area contributed by atoms with Crippen LogP contribution in [0.3, 0.4) is 0 Å². The van der Waals surface area contributed by atoms with Gasteiger partial charge >= 0.3 is 5.97 Å². The Hall–Kier alpha value is -3.20. The molecule has 1 aromatic carbocycles. The molecule has 0 spiro atoms. The Morgan fingerprint density at radius 2 is 2.04 bits per heavy atom. The summed E-state index contributed by atoms with van der Waals surface area (Å²) in [5.74, 6) is -1.84. The number of carbonyl (C=O) groups is 1. The molecule has 4 N–H and O–H groups in total. The summed E-state index contributed by atoms with van der Waals surface area (Å²) in [6.07, 6.45) is 1.54. The Balaban J connectivity index is 2.07. The van der Waals surface area contributed by atoms with Crippen molar-refractivity contribution < 1.29 is 18.7 Å². The molecule has 0 bridgehead atoms. The molecule has 0 amide bonds. The number of nitrogens with one attached hydrogen (secondary N) is 2. The maximum atomic E-state index is 14.5. The van der Waals surface area contributed by atoms with Crippen molar-refractivity contribution in [3.63, 3.8) is 0 Å². The van der Waals surface area contributed by atoms with Gasteiger partial charge in [0.05, 0.1) is 0 Å². The second-order valence-electron chi connectivity index (χ2n) is 6.81. The summed E-state index contributed by atoms with van der Waals surface area (Å²) in [7, 11) is 1.40. The number of aromatic nitrogens is 3. The first-order chi connectivity index (χ1) is 13.2. The summed E-state index contributed by atoms with van der Waals surface area (Å²) in [5.41, 5.74) is 5.34. The van der Waals surface area contributed by atoms with E-state index in [4.69, 9.17) is 15.2 Å². The molecule has 0 radical (unpaired) electrons. The number of carbonyl (C=O) groups excluding carboxylic acids is 1. The van der Waals surface area contributed by atoms with Crippen molar-refractivity contribution >= 4 is 23.0 Å². The van der Waals surface area contributed by atoms with E-state index in [1.54, 1.807) is 38.2 Å². The van der Waals surface area contributed by atoms with Crippen LogP contribution >= 0.6 is 0 Å². The van der Waals surface area contributed by atoms with Crippen LogP contribution in [0.5, 0.6) is 0 Å². The SMILES string of the molecule is COC(C)(C)C(=O)OCC(c1ccccc1F)c1c[nH]c2c(=O)[nH]c(N)nc12. The van der Waals surface area contributed by atoms with E-state index in [1.807, 2.05) is 0 Å². The highest BCUT2D eigenvalue weighted by Crippen LogP contribution is 2.31. The average molecular weight is 388 g/mol. The topological polar surface area (TPSA) is 123 Å². The Morgan fingerprint density at radius 1 is 1.32 bits per heavy atom. The number of benzene rings is 1. The zero-order valence-electron chi connectivity index (χ0n) is 15.7. The van der Waals surface area contributed by atoms with Crippen LogP contribution in [0.2, 0.25) is 0 Å². The van der Waals surface area contributed by atoms with Gasteiger partial charge in [0.1, 0.15) is 23.5 Å². The van der Waals surface area contributed by atoms with Gasteiger partial charge in [0, 0.05) is 24.8 Å². The molecule has 2 heterocycles. The van der Waals surface area contributed by atoms with Gasteiger partial charge in [-0.2, -0.15) is 0 Å². The normalized spacial score (nSPS) is 12.9. The first-order valence-corrected chi connectivity index (χ1v) is 8.58. The number of nitrogens with two attached hydrogens (primary N) is 1. The summed E-state index contributed by atoms with van der Waals surface area (Å²) in [5, 5.41) is 0. The van der Waals surface area contributed by atoms with Crippen LogP contribution in [0.25, 0.3) is 11.0 Å². The monoisotopic (exact) mass is 388 g/mol. The molecule has 0 saturated carbocycles. The summed E-state index contributed by atoms with van der Waals surface area (Å²) in [4.78, 5) is 33.8. The van der Waals surface area contributed by atoms with Crippen LogP contribution in [0.15, 0.2) is 35.3 Å². The minimum atomic E-state index is -1.15. The number of hydrogen-bond donors (Lipinski definition) is 3. The number of rotatable bonds is 6. The first kappa shape index (κ1) is 19.6. The fourth-order valence-corrected chi connectivity index (χ4v) is 2.84. The highest BCUT2D eigenvalue weighted by atomic mass is 19.1. The van der Waals surface area contributed by atoms with Gasteiger partial charge in [-0.3, -0.25) is 9.78 Å². The zero-order valence-corrected chi connectivity index (χ0v) is 15.7. The van der Waals surface area contributed by atoms with Gasteiger partial charge in [-0.1, -0.05) is 18.2 Å². The third-order valence-corrected chi connectivity index (χ3v) is 4.62. The summed E-state index contributed by atoms with van der Waals surface area (Å²) in [6, 6.07) is 6.14. The van der Waals surface area contributed by atoms with E-state index in [2.05, 4.69) is 15.0 Å². The van der Waals surface area contributed by atoms with Crippen molar-refractivity contribution in [2.75, 3.05) is 19.5 Å². The lowest BCUT2D eigenvalue weighted by Crippen LogP contribution is -2.36. The second-order valence-corrected chi connectivity index (χ2v) is 6.81. The fraction of sp³-hybridized carbons (Fsp3) is 0.316. The largest absolute Gasteiger partial charge is 0.463 e. The molecular formula is C19H21FN4O4. The quantitative estimate of drug-likeness (QED) is 0.556. The minimum Gasteiger partial charge on any atom is -0.463 e. The molecule has 0 aliphatic heterocycles. The lowest BCUT2D eigenvalue weighted by Gasteiger charge is -2.23. The predicted molar refractivity (Wildman–Crippen MR) is 101 cm³/mol. The van der Waals surface area contributed by atoms with Crippen LogP contribution in [-0.4, -0.2) is 40.2 Å². The Morgan fingerprint density at radius 3 is 2.71 bits per heavy atom. The molecule has 1 atom stereocenters. The molecular weight excluding hydrogens is 367 g/mol. The van der Waals surface area contributed by atoms with Crippen molar-refractivity contribution in [2.45, 2.75) is 25.4 Å². The molecule has 148 valence electrons. The maximum absolute atomic E-state index is 14.5.